The Morgan fingerprint density at radius 1 is 0.493 bits per heavy atom. The molecule has 5 nitrogen and oxygen atoms in total. The van der Waals surface area contributed by atoms with Crippen LogP contribution in [0.1, 0.15) is 40.6 Å². The number of halogens is 20. The van der Waals surface area contributed by atoms with Gasteiger partial charge in [0.15, 0.2) is 76.0 Å². The van der Waals surface area contributed by atoms with Gasteiger partial charge in [-0.1, -0.05) is 43.7 Å². The molecule has 0 saturated carbocycles. The Balaban J connectivity index is 0.000000319. The molecule has 0 fully saturated rings. The molecule has 0 amide bonds. The summed E-state index contributed by atoms with van der Waals surface area (Å²) in [5.74, 6) is -71.9. The summed E-state index contributed by atoms with van der Waals surface area (Å²) < 4.78 is 301. The Labute approximate surface area is 360 Å². The minimum Gasteiger partial charge on any atom is -0.458 e. The number of esters is 1. The molecule has 26 heteroatoms. The number of rotatable bonds is 11. The third kappa shape index (κ3) is 8.63. The Hall–Kier alpha value is -7.02. The van der Waals surface area contributed by atoms with E-state index < -0.39 is 150 Å². The summed E-state index contributed by atoms with van der Waals surface area (Å²) in [6, 6.07) is 8.98. The van der Waals surface area contributed by atoms with E-state index in [1.807, 2.05) is 25.1 Å². The zero-order valence-electron chi connectivity index (χ0n) is 32.7. The normalized spacial score (nSPS) is 11.4. The molecule has 6 rings (SSSR count). The van der Waals surface area contributed by atoms with Crippen molar-refractivity contribution in [3.63, 3.8) is 0 Å². The fraction of sp³-hybridized carbons (Fsp3) is 0.122. The van der Waals surface area contributed by atoms with Gasteiger partial charge in [0.05, 0.1) is 12.8 Å². The van der Waals surface area contributed by atoms with Crippen LogP contribution in [0.2, 0.25) is 0 Å². The number of hydrogen-bond acceptors (Lipinski definition) is 4. The van der Waals surface area contributed by atoms with Gasteiger partial charge < -0.3 is 4.74 Å². The van der Waals surface area contributed by atoms with Crippen molar-refractivity contribution in [3.8, 4) is 0 Å². The third-order valence-electron chi connectivity index (χ3n) is 9.90. The van der Waals surface area contributed by atoms with E-state index in [1.165, 1.54) is 6.20 Å². The van der Waals surface area contributed by atoms with Gasteiger partial charge in [0.25, 0.3) is 0 Å². The first-order chi connectivity index (χ1) is 31.4. The summed E-state index contributed by atoms with van der Waals surface area (Å²) >= 11 is 0. The average Bonchev–Trinajstić information content (AvgIpc) is 3.32. The first-order valence-electron chi connectivity index (χ1n) is 18.2. The van der Waals surface area contributed by atoms with Crippen LogP contribution in [0.4, 0.5) is 87.8 Å². The van der Waals surface area contributed by atoms with Gasteiger partial charge in [-0.25, -0.2) is 92.6 Å². The Bertz CT molecular complexity index is 2580. The van der Waals surface area contributed by atoms with Crippen LogP contribution >= 0.6 is 0 Å². The first kappa shape index (κ1) is 51.0. The lowest BCUT2D eigenvalue weighted by atomic mass is 9.12. The van der Waals surface area contributed by atoms with Crippen molar-refractivity contribution in [3.05, 3.63) is 177 Å². The lowest BCUT2D eigenvalue weighted by molar-refractivity contribution is -0.686. The van der Waals surface area contributed by atoms with E-state index in [4.69, 9.17) is 4.74 Å². The highest BCUT2D eigenvalue weighted by Gasteiger charge is 2.52. The van der Waals surface area contributed by atoms with Gasteiger partial charge in [-0.15, -0.1) is 21.9 Å². The molecule has 0 atom stereocenters. The maximum Gasteiger partial charge on any atom is 0.405 e. The summed E-state index contributed by atoms with van der Waals surface area (Å²) in [4.78, 5) is 28.3. The van der Waals surface area contributed by atoms with Gasteiger partial charge in [-0.2, -0.15) is 4.57 Å². The number of carbonyl (C=O) groups excluding carboxylic acids is 2. The van der Waals surface area contributed by atoms with Crippen LogP contribution in [0.25, 0.3) is 0 Å². The third-order valence-corrected chi connectivity index (χ3v) is 9.90. The van der Waals surface area contributed by atoms with Crippen molar-refractivity contribution in [2.24, 2.45) is 0 Å². The van der Waals surface area contributed by atoms with Crippen LogP contribution < -0.4 is 26.4 Å². The number of ketones is 1. The van der Waals surface area contributed by atoms with Crippen molar-refractivity contribution in [2.45, 2.75) is 26.3 Å². The summed E-state index contributed by atoms with van der Waals surface area (Å²) in [5.41, 5.74) is -13.4. The van der Waals surface area contributed by atoms with Crippen LogP contribution in [-0.2, 0) is 11.3 Å². The van der Waals surface area contributed by atoms with Crippen molar-refractivity contribution in [1.82, 2.24) is 4.98 Å². The number of aromatic nitrogens is 2. The Kier molecular flexibility index (Phi) is 15.1. The second kappa shape index (κ2) is 19.8. The Morgan fingerprint density at radius 2 is 0.806 bits per heavy atom. The minimum atomic E-state index is -7.22. The Morgan fingerprint density at radius 3 is 1.12 bits per heavy atom. The zero-order valence-corrected chi connectivity index (χ0v) is 32.7. The monoisotopic (exact) mass is 978 g/mol. The van der Waals surface area contributed by atoms with Crippen LogP contribution in [0.5, 0.6) is 0 Å². The van der Waals surface area contributed by atoms with Crippen molar-refractivity contribution < 1.29 is 107 Å². The van der Waals surface area contributed by atoms with Crippen LogP contribution in [0.15, 0.2) is 48.9 Å². The predicted molar refractivity (Wildman–Crippen MR) is 190 cm³/mol. The molecule has 5 aromatic carbocycles. The van der Waals surface area contributed by atoms with E-state index in [2.05, 4.69) is 4.98 Å². The largest absolute Gasteiger partial charge is 0.458 e. The van der Waals surface area contributed by atoms with E-state index in [0.29, 0.717) is 12.2 Å². The molecule has 0 bridgehead atoms. The summed E-state index contributed by atoms with van der Waals surface area (Å²) in [6.07, 6.45) is -0.877. The van der Waals surface area contributed by atoms with Crippen molar-refractivity contribution >= 4 is 39.7 Å². The lowest BCUT2D eigenvalue weighted by Gasteiger charge is -2.44. The van der Waals surface area contributed by atoms with E-state index >= 15 is 35.1 Å². The van der Waals surface area contributed by atoms with Gasteiger partial charge in [0, 0.05) is 5.56 Å². The number of ether oxygens (including phenoxy) is 1. The van der Waals surface area contributed by atoms with Gasteiger partial charge in [-0.05, 0) is 6.42 Å². The molecular weight excluding hydrogens is 959 g/mol. The lowest BCUT2D eigenvalue weighted by Crippen LogP contribution is -2.81. The predicted octanol–water partition coefficient (Wildman–Crippen LogP) is 8.05. The number of hydrogen-bond donors (Lipinski definition) is 0. The van der Waals surface area contributed by atoms with Gasteiger partial charge in [0.1, 0.15) is 58.9 Å². The van der Waals surface area contributed by atoms with Crippen LogP contribution in [0.3, 0.4) is 0 Å². The van der Waals surface area contributed by atoms with Crippen LogP contribution in [-0.4, -0.2) is 29.5 Å². The topological polar surface area (TPSA) is 60.1 Å². The van der Waals surface area contributed by atoms with Crippen LogP contribution in [0, 0.1) is 116 Å². The maximum absolute atomic E-state index is 15.4. The van der Waals surface area contributed by atoms with E-state index in [9.17, 15) is 62.3 Å². The average molecular weight is 978 g/mol. The molecular formula is C41H19BF20N2O3. The van der Waals surface area contributed by atoms with E-state index in [-0.39, 0.29) is 18.0 Å². The standard InChI is InChI=1S/C24BF20.C17H19N2O3/c26-5-1(6(27)14(35)21(42)13(5)34)25(2-7(28)15(36)22(43)16(37)8(2)29,3-9(30)17(38)23(44)18(39)10(3)31)4-11(32)19(40)24(45)20(41)12(4)33;1-2-3-11-22-17(21)15-12-18-9-10-19(15)13-16(20)14-7-5-4-6-8-14/h;4-10,12H,2-3,11,13H2,1H3/q-1;+1. The highest BCUT2D eigenvalue weighted by molar-refractivity contribution is 7.20. The molecule has 0 unspecified atom stereocenters. The molecule has 0 N–H and O–H groups in total. The molecule has 0 aliphatic heterocycles. The molecule has 0 aliphatic carbocycles. The van der Waals surface area contributed by atoms with Crippen molar-refractivity contribution in [2.75, 3.05) is 6.61 Å². The SMILES string of the molecule is CCCCOC(=O)c1cncc[n+]1CC(=O)c1ccccc1.Fc1c(F)c(F)c([B-](c2c(F)c(F)c(F)c(F)c2F)(c2c(F)c(F)c(F)c(F)c2F)c2c(F)c(F)c(F)c(F)c2F)c(F)c1F. The highest BCUT2D eigenvalue weighted by Crippen LogP contribution is 2.30. The number of carbonyl (C=O) groups is 2. The summed E-state index contributed by atoms with van der Waals surface area (Å²) in [5, 5.41) is 0. The van der Waals surface area contributed by atoms with Gasteiger partial charge >= 0.3 is 11.7 Å². The molecule has 0 aliphatic rings. The van der Waals surface area contributed by atoms with Crippen molar-refractivity contribution in [1.29, 1.82) is 0 Å². The first-order valence-corrected chi connectivity index (χ1v) is 18.2. The smallest absolute Gasteiger partial charge is 0.405 e. The fourth-order valence-corrected chi connectivity index (χ4v) is 6.82. The second-order valence-electron chi connectivity index (χ2n) is 13.7. The zero-order chi connectivity index (χ0) is 50.1. The number of unbranched alkanes of at least 4 members (excludes halogenated alkanes) is 1. The number of Topliss-reactive ketones (excluding diaryl/α,β-unsaturated/α-hetero) is 1. The molecule has 354 valence electrons. The molecule has 1 heterocycles. The minimum absolute atomic E-state index is 0.0700. The van der Waals surface area contributed by atoms with Gasteiger partial charge in [-0.3, -0.25) is 9.78 Å². The number of nitrogens with zero attached hydrogens (tertiary/aromatic N) is 2. The fourth-order valence-electron chi connectivity index (χ4n) is 6.82. The maximum atomic E-state index is 15.4. The molecule has 67 heavy (non-hydrogen) atoms. The summed E-state index contributed by atoms with van der Waals surface area (Å²) in [6.45, 7) is 2.47. The second-order valence-corrected chi connectivity index (χ2v) is 13.7. The summed E-state index contributed by atoms with van der Waals surface area (Å²) in [7, 11) is 0. The molecule has 6 aromatic rings. The quantitative estimate of drug-likeness (QED) is 0.0193. The van der Waals surface area contributed by atoms with Gasteiger partial charge in [0.2, 0.25) is 12.3 Å². The van der Waals surface area contributed by atoms with E-state index in [1.54, 1.807) is 29.1 Å². The molecule has 1 aromatic heterocycles. The highest BCUT2D eigenvalue weighted by atomic mass is 19.2. The van der Waals surface area contributed by atoms with E-state index in [0.717, 1.165) is 12.8 Å². The molecule has 0 radical (unpaired) electrons. The number of benzene rings is 5. The molecule has 0 saturated heterocycles. The molecule has 0 spiro atoms.